The zero-order valence-electron chi connectivity index (χ0n) is 15.7. The van der Waals surface area contributed by atoms with Gasteiger partial charge < -0.3 is 14.5 Å². The second-order valence-electron chi connectivity index (χ2n) is 6.55. The third-order valence-corrected chi connectivity index (χ3v) is 4.31. The van der Waals surface area contributed by atoms with E-state index in [1.54, 1.807) is 19.9 Å². The summed E-state index contributed by atoms with van der Waals surface area (Å²) in [5.74, 6) is -0.280. The summed E-state index contributed by atoms with van der Waals surface area (Å²) in [5.41, 5.74) is 2.64. The van der Waals surface area contributed by atoms with Crippen molar-refractivity contribution in [2.24, 2.45) is 0 Å². The van der Waals surface area contributed by atoms with Gasteiger partial charge in [-0.2, -0.15) is 13.2 Å². The molecule has 0 spiro atoms. The second kappa shape index (κ2) is 7.90. The minimum absolute atomic E-state index is 0.0864. The molecule has 0 aliphatic rings. The van der Waals surface area contributed by atoms with Crippen LogP contribution in [-0.4, -0.2) is 28.7 Å². The van der Waals surface area contributed by atoms with Gasteiger partial charge in [-0.3, -0.25) is 4.79 Å². The molecule has 0 saturated carbocycles. The number of ether oxygens (including phenoxy) is 1. The van der Waals surface area contributed by atoms with Gasteiger partial charge in [0.15, 0.2) is 18.1 Å². The lowest BCUT2D eigenvalue weighted by atomic mass is 10.1. The number of nitrogens with zero attached hydrogens (tertiary/aromatic N) is 2. The van der Waals surface area contributed by atoms with Gasteiger partial charge in [-0.1, -0.05) is 11.6 Å². The highest BCUT2D eigenvalue weighted by molar-refractivity contribution is 6.31. The van der Waals surface area contributed by atoms with Crippen LogP contribution in [0.4, 0.5) is 13.2 Å². The number of aromatic nitrogens is 2. The summed E-state index contributed by atoms with van der Waals surface area (Å²) in [6.07, 6.45) is -3.20. The zero-order chi connectivity index (χ0) is 21.3. The fraction of sp³-hybridized carbons (Fsp3) is 0.316. The Morgan fingerprint density at radius 3 is 2.69 bits per heavy atom. The SMILES string of the molecule is Cc1cc(C(=O)NC(C)c2cnc(OCC(F)(F)F)c(Cl)c2)c2oc(C)nc2c1. The van der Waals surface area contributed by atoms with E-state index in [9.17, 15) is 18.0 Å². The van der Waals surface area contributed by atoms with Crippen LogP contribution >= 0.6 is 11.6 Å². The van der Waals surface area contributed by atoms with Gasteiger partial charge in [0.2, 0.25) is 5.88 Å². The predicted molar refractivity (Wildman–Crippen MR) is 100 cm³/mol. The van der Waals surface area contributed by atoms with Gasteiger partial charge >= 0.3 is 6.18 Å². The van der Waals surface area contributed by atoms with Gasteiger partial charge in [0.05, 0.1) is 11.6 Å². The number of amides is 1. The molecule has 10 heteroatoms. The number of hydrogen-bond acceptors (Lipinski definition) is 5. The Bertz CT molecular complexity index is 1070. The van der Waals surface area contributed by atoms with Crippen molar-refractivity contribution in [3.8, 4) is 5.88 Å². The van der Waals surface area contributed by atoms with Crippen molar-refractivity contribution >= 4 is 28.6 Å². The van der Waals surface area contributed by atoms with Crippen LogP contribution in [-0.2, 0) is 0 Å². The first-order valence-corrected chi connectivity index (χ1v) is 8.95. The van der Waals surface area contributed by atoms with Crippen molar-refractivity contribution in [1.82, 2.24) is 15.3 Å². The molecule has 2 heterocycles. The molecule has 1 unspecified atom stereocenters. The Balaban J connectivity index is 1.77. The fourth-order valence-electron chi connectivity index (χ4n) is 2.74. The maximum atomic E-state index is 12.8. The summed E-state index contributed by atoms with van der Waals surface area (Å²) in [4.78, 5) is 20.8. The average molecular weight is 428 g/mol. The van der Waals surface area contributed by atoms with E-state index < -0.39 is 24.7 Å². The Morgan fingerprint density at radius 1 is 1.31 bits per heavy atom. The van der Waals surface area contributed by atoms with Gasteiger partial charge in [-0.05, 0) is 43.2 Å². The lowest BCUT2D eigenvalue weighted by Gasteiger charge is -2.16. The number of aryl methyl sites for hydroxylation is 2. The van der Waals surface area contributed by atoms with Crippen LogP contribution in [0.5, 0.6) is 5.88 Å². The molecule has 2 aromatic heterocycles. The molecular formula is C19H17ClF3N3O3. The summed E-state index contributed by atoms with van der Waals surface area (Å²) in [6.45, 7) is 3.73. The summed E-state index contributed by atoms with van der Waals surface area (Å²) < 4.78 is 46.9. The quantitative estimate of drug-likeness (QED) is 0.625. The highest BCUT2D eigenvalue weighted by Crippen LogP contribution is 2.28. The number of hydrogen-bond donors (Lipinski definition) is 1. The van der Waals surface area contributed by atoms with E-state index in [0.717, 1.165) is 5.56 Å². The second-order valence-corrected chi connectivity index (χ2v) is 6.96. The van der Waals surface area contributed by atoms with Crippen molar-refractivity contribution in [3.63, 3.8) is 0 Å². The third-order valence-electron chi connectivity index (χ3n) is 4.03. The Labute approximate surface area is 169 Å². The first-order chi connectivity index (χ1) is 13.5. The first-order valence-electron chi connectivity index (χ1n) is 8.57. The van der Waals surface area contributed by atoms with E-state index in [1.165, 1.54) is 12.3 Å². The normalized spacial score (nSPS) is 12.8. The first kappa shape index (κ1) is 20.9. The highest BCUT2D eigenvalue weighted by Gasteiger charge is 2.29. The Kier molecular flexibility index (Phi) is 5.70. The molecule has 1 amide bonds. The maximum absolute atomic E-state index is 12.8. The number of carbonyl (C=O) groups is 1. The van der Waals surface area contributed by atoms with Crippen molar-refractivity contribution in [2.45, 2.75) is 33.0 Å². The molecule has 0 aliphatic heterocycles. The lowest BCUT2D eigenvalue weighted by molar-refractivity contribution is -0.154. The van der Waals surface area contributed by atoms with Crippen LogP contribution in [0.2, 0.25) is 5.02 Å². The summed E-state index contributed by atoms with van der Waals surface area (Å²) in [6, 6.07) is 4.38. The van der Waals surface area contributed by atoms with Crippen LogP contribution in [0.25, 0.3) is 11.1 Å². The minimum atomic E-state index is -4.50. The number of halogens is 4. The molecule has 3 rings (SSSR count). The number of benzene rings is 1. The standard InChI is InChI=1S/C19H17ClF3N3O3/c1-9-4-13(16-15(5-9)26-11(3)29-16)17(27)25-10(2)12-6-14(20)18(24-7-12)28-8-19(21,22)23/h4-7,10H,8H2,1-3H3,(H,25,27). The number of alkyl halides is 3. The van der Waals surface area contributed by atoms with E-state index in [-0.39, 0.29) is 10.9 Å². The van der Waals surface area contributed by atoms with Gasteiger partial charge in [0, 0.05) is 13.1 Å². The number of carbonyl (C=O) groups excluding carboxylic acids is 1. The molecule has 0 saturated heterocycles. The van der Waals surface area contributed by atoms with Crippen LogP contribution in [0.15, 0.2) is 28.8 Å². The van der Waals surface area contributed by atoms with E-state index in [0.29, 0.717) is 28.1 Å². The van der Waals surface area contributed by atoms with Crippen LogP contribution < -0.4 is 10.1 Å². The summed E-state index contributed by atoms with van der Waals surface area (Å²) >= 11 is 5.97. The van der Waals surface area contributed by atoms with Crippen molar-refractivity contribution in [2.75, 3.05) is 6.61 Å². The van der Waals surface area contributed by atoms with E-state index >= 15 is 0 Å². The molecule has 0 aliphatic carbocycles. The lowest BCUT2D eigenvalue weighted by Crippen LogP contribution is -2.27. The molecule has 0 radical (unpaired) electrons. The van der Waals surface area contributed by atoms with E-state index in [2.05, 4.69) is 20.0 Å². The predicted octanol–water partition coefficient (Wildman–Crippen LogP) is 4.93. The molecule has 3 aromatic rings. The Morgan fingerprint density at radius 2 is 2.03 bits per heavy atom. The van der Waals surface area contributed by atoms with E-state index in [1.807, 2.05) is 13.0 Å². The van der Waals surface area contributed by atoms with Gasteiger partial charge in [-0.15, -0.1) is 0 Å². The third kappa shape index (κ3) is 4.97. The number of fused-ring (bicyclic) bond motifs is 1. The number of rotatable bonds is 5. The highest BCUT2D eigenvalue weighted by atomic mass is 35.5. The van der Waals surface area contributed by atoms with Crippen LogP contribution in [0.3, 0.4) is 0 Å². The number of pyridine rings is 1. The van der Waals surface area contributed by atoms with Gasteiger partial charge in [0.1, 0.15) is 10.5 Å². The molecular weight excluding hydrogens is 411 g/mol. The van der Waals surface area contributed by atoms with Crippen LogP contribution in [0, 0.1) is 13.8 Å². The Hall–Kier alpha value is -2.81. The topological polar surface area (TPSA) is 77.2 Å². The van der Waals surface area contributed by atoms with Crippen molar-refractivity contribution in [3.05, 3.63) is 52.0 Å². The van der Waals surface area contributed by atoms with E-state index in [4.69, 9.17) is 16.0 Å². The monoisotopic (exact) mass is 427 g/mol. The van der Waals surface area contributed by atoms with Gasteiger partial charge in [0.25, 0.3) is 5.91 Å². The van der Waals surface area contributed by atoms with Gasteiger partial charge in [-0.25, -0.2) is 9.97 Å². The molecule has 0 bridgehead atoms. The number of nitrogens with one attached hydrogen (secondary N) is 1. The molecule has 1 N–H and O–H groups in total. The fourth-order valence-corrected chi connectivity index (χ4v) is 2.97. The summed E-state index contributed by atoms with van der Waals surface area (Å²) in [7, 11) is 0. The smallest absolute Gasteiger partial charge is 0.422 e. The maximum Gasteiger partial charge on any atom is 0.422 e. The van der Waals surface area contributed by atoms with Crippen molar-refractivity contribution in [1.29, 1.82) is 0 Å². The average Bonchev–Trinajstić information content (AvgIpc) is 2.98. The molecule has 1 aromatic carbocycles. The van der Waals surface area contributed by atoms with Crippen LogP contribution in [0.1, 0.15) is 40.3 Å². The molecule has 6 nitrogen and oxygen atoms in total. The minimum Gasteiger partial charge on any atom is -0.467 e. The molecule has 29 heavy (non-hydrogen) atoms. The van der Waals surface area contributed by atoms with Crippen molar-refractivity contribution < 1.29 is 27.1 Å². The zero-order valence-corrected chi connectivity index (χ0v) is 16.5. The number of oxazole rings is 1. The molecule has 0 fully saturated rings. The summed E-state index contributed by atoms with van der Waals surface area (Å²) in [5, 5.41) is 2.71. The molecule has 1 atom stereocenters. The largest absolute Gasteiger partial charge is 0.467 e. The molecule has 154 valence electrons.